The monoisotopic (exact) mass is 360 g/mol. The summed E-state index contributed by atoms with van der Waals surface area (Å²) in [6.07, 6.45) is 6.09. The summed E-state index contributed by atoms with van der Waals surface area (Å²) in [6.45, 7) is 2.04. The number of halogens is 1. The number of ketones is 1. The molecule has 0 amide bonds. The number of Topliss-reactive ketones (excluding diaryl/α,β-unsaturated/α-hetero) is 1. The second-order valence-corrected chi connectivity index (χ2v) is 7.42. The standard InChI is InChI=1S/C17H17ClN4OS/c1-17(4-5-24-16(19)22-17)12-6-11(8-20-9-12)7-15(23)14-3-2-13(18)10-21-14/h2-3,6,8-10H,4-5,7H2,1H3,(H2,19,22)/t17-/m0/s1. The quantitative estimate of drug-likeness (QED) is 0.846. The Bertz CT molecular complexity index is 793. The van der Waals surface area contributed by atoms with Crippen molar-refractivity contribution in [3.05, 3.63) is 58.6 Å². The third kappa shape index (κ3) is 3.76. The Labute approximate surface area is 149 Å². The zero-order chi connectivity index (χ0) is 17.2. The van der Waals surface area contributed by atoms with Crippen LogP contribution >= 0.6 is 23.4 Å². The van der Waals surface area contributed by atoms with E-state index in [9.17, 15) is 4.79 Å². The largest absolute Gasteiger partial charge is 0.379 e. The minimum absolute atomic E-state index is 0.0713. The van der Waals surface area contributed by atoms with Gasteiger partial charge in [0.2, 0.25) is 0 Å². The van der Waals surface area contributed by atoms with E-state index in [0.717, 1.165) is 23.3 Å². The molecule has 1 aliphatic heterocycles. The first-order chi connectivity index (χ1) is 11.5. The van der Waals surface area contributed by atoms with Crippen LogP contribution in [0.25, 0.3) is 0 Å². The van der Waals surface area contributed by atoms with E-state index in [0.29, 0.717) is 15.9 Å². The molecule has 3 heterocycles. The van der Waals surface area contributed by atoms with Crippen LogP contribution in [0.3, 0.4) is 0 Å². The van der Waals surface area contributed by atoms with E-state index < -0.39 is 0 Å². The van der Waals surface area contributed by atoms with Crippen molar-refractivity contribution in [2.24, 2.45) is 10.7 Å². The highest BCUT2D eigenvalue weighted by atomic mass is 35.5. The topological polar surface area (TPSA) is 81.2 Å². The molecule has 0 saturated heterocycles. The van der Waals surface area contributed by atoms with Crippen LogP contribution in [0.5, 0.6) is 0 Å². The average molecular weight is 361 g/mol. The molecule has 0 radical (unpaired) electrons. The lowest BCUT2D eigenvalue weighted by Gasteiger charge is -2.29. The molecule has 5 nitrogen and oxygen atoms in total. The molecular weight excluding hydrogens is 344 g/mol. The van der Waals surface area contributed by atoms with Gasteiger partial charge < -0.3 is 5.73 Å². The zero-order valence-electron chi connectivity index (χ0n) is 13.2. The number of carbonyl (C=O) groups excluding carboxylic acids is 1. The first-order valence-electron chi connectivity index (χ1n) is 7.53. The van der Waals surface area contributed by atoms with Gasteiger partial charge in [0.15, 0.2) is 11.0 Å². The Kier molecular flexibility index (Phi) is 4.87. The van der Waals surface area contributed by atoms with Gasteiger partial charge in [-0.15, -0.1) is 0 Å². The van der Waals surface area contributed by atoms with Gasteiger partial charge in [-0.1, -0.05) is 23.4 Å². The molecule has 0 unspecified atom stereocenters. The fourth-order valence-corrected chi connectivity index (χ4v) is 3.68. The van der Waals surface area contributed by atoms with Crippen LogP contribution in [0.2, 0.25) is 5.02 Å². The lowest BCUT2D eigenvalue weighted by molar-refractivity contribution is 0.0988. The number of pyridine rings is 2. The minimum Gasteiger partial charge on any atom is -0.379 e. The number of nitrogens with two attached hydrogens (primary N) is 1. The van der Waals surface area contributed by atoms with Gasteiger partial charge in [-0.05, 0) is 42.7 Å². The summed E-state index contributed by atoms with van der Waals surface area (Å²) in [5.74, 6) is 0.849. The normalized spacial score (nSPS) is 20.5. The van der Waals surface area contributed by atoms with Crippen molar-refractivity contribution in [3.8, 4) is 0 Å². The molecule has 0 saturated carbocycles. The predicted octanol–water partition coefficient (Wildman–Crippen LogP) is 3.22. The van der Waals surface area contributed by atoms with Crippen LogP contribution in [0.15, 0.2) is 41.8 Å². The number of aliphatic imine (C=N–C) groups is 1. The van der Waals surface area contributed by atoms with E-state index in [1.165, 1.54) is 6.20 Å². The lowest BCUT2D eigenvalue weighted by atomic mass is 9.90. The van der Waals surface area contributed by atoms with Gasteiger partial charge in [0.25, 0.3) is 0 Å². The number of amidine groups is 1. The highest BCUT2D eigenvalue weighted by Gasteiger charge is 2.30. The first kappa shape index (κ1) is 16.9. The molecule has 0 aliphatic carbocycles. The Morgan fingerprint density at radius 2 is 2.21 bits per heavy atom. The van der Waals surface area contributed by atoms with Crippen LogP contribution < -0.4 is 5.73 Å². The molecule has 3 rings (SSSR count). The van der Waals surface area contributed by atoms with Crippen molar-refractivity contribution in [2.45, 2.75) is 25.3 Å². The average Bonchev–Trinajstić information content (AvgIpc) is 2.55. The zero-order valence-corrected chi connectivity index (χ0v) is 14.8. The second kappa shape index (κ2) is 6.91. The highest BCUT2D eigenvalue weighted by molar-refractivity contribution is 8.13. The maximum Gasteiger partial charge on any atom is 0.185 e. The SMILES string of the molecule is C[C@@]1(c2cncc(CC(=O)c3ccc(Cl)cn3)c2)CCSC(N)=N1. The number of carbonyl (C=O) groups is 1. The van der Waals surface area contributed by atoms with Gasteiger partial charge in [-0.25, -0.2) is 0 Å². The molecule has 24 heavy (non-hydrogen) atoms. The molecule has 2 aromatic heterocycles. The molecule has 1 atom stereocenters. The van der Waals surface area contributed by atoms with Gasteiger partial charge in [-0.2, -0.15) is 0 Å². The molecule has 0 spiro atoms. The van der Waals surface area contributed by atoms with Crippen LogP contribution in [-0.4, -0.2) is 26.7 Å². The van der Waals surface area contributed by atoms with E-state index in [4.69, 9.17) is 17.3 Å². The van der Waals surface area contributed by atoms with Crippen LogP contribution in [0, 0.1) is 0 Å². The molecule has 0 bridgehead atoms. The Balaban J connectivity index is 1.82. The van der Waals surface area contributed by atoms with E-state index in [1.54, 1.807) is 36.3 Å². The second-order valence-electron chi connectivity index (χ2n) is 5.87. The van der Waals surface area contributed by atoms with E-state index in [-0.39, 0.29) is 17.7 Å². The van der Waals surface area contributed by atoms with Crippen molar-refractivity contribution in [3.63, 3.8) is 0 Å². The summed E-state index contributed by atoms with van der Waals surface area (Å²) in [7, 11) is 0. The van der Waals surface area contributed by atoms with Crippen molar-refractivity contribution in [1.29, 1.82) is 0 Å². The fraction of sp³-hybridized carbons (Fsp3) is 0.294. The van der Waals surface area contributed by atoms with Crippen molar-refractivity contribution in [2.75, 3.05) is 5.75 Å². The number of aromatic nitrogens is 2. The molecular formula is C17H17ClN4OS. The summed E-state index contributed by atoms with van der Waals surface area (Å²) in [4.78, 5) is 25.3. The molecule has 0 fully saturated rings. The van der Waals surface area contributed by atoms with E-state index >= 15 is 0 Å². The summed E-state index contributed by atoms with van der Waals surface area (Å²) < 4.78 is 0. The third-order valence-corrected chi connectivity index (χ3v) is 5.01. The van der Waals surface area contributed by atoms with Crippen molar-refractivity contribution < 1.29 is 4.79 Å². The summed E-state index contributed by atoms with van der Waals surface area (Å²) in [6, 6.07) is 5.27. The molecule has 2 aromatic rings. The smallest absolute Gasteiger partial charge is 0.185 e. The van der Waals surface area contributed by atoms with Gasteiger partial charge in [0.05, 0.1) is 10.6 Å². The van der Waals surface area contributed by atoms with Gasteiger partial charge >= 0.3 is 0 Å². The lowest BCUT2D eigenvalue weighted by Crippen LogP contribution is -2.29. The number of thioether (sulfide) groups is 1. The Hall–Kier alpha value is -1.92. The number of hydrogen-bond donors (Lipinski definition) is 1. The van der Waals surface area contributed by atoms with Gasteiger partial charge in [0.1, 0.15) is 5.69 Å². The molecule has 7 heteroatoms. The van der Waals surface area contributed by atoms with Crippen molar-refractivity contribution in [1.82, 2.24) is 9.97 Å². The Morgan fingerprint density at radius 3 is 2.92 bits per heavy atom. The van der Waals surface area contributed by atoms with E-state index in [1.807, 2.05) is 13.0 Å². The number of nitrogens with zero attached hydrogens (tertiary/aromatic N) is 3. The molecule has 0 aromatic carbocycles. The summed E-state index contributed by atoms with van der Waals surface area (Å²) in [5, 5.41) is 1.10. The fourth-order valence-electron chi connectivity index (χ4n) is 2.59. The van der Waals surface area contributed by atoms with Gasteiger partial charge in [-0.3, -0.25) is 19.8 Å². The summed E-state index contributed by atoms with van der Waals surface area (Å²) in [5.41, 5.74) is 7.69. The number of hydrogen-bond acceptors (Lipinski definition) is 6. The Morgan fingerprint density at radius 1 is 1.38 bits per heavy atom. The van der Waals surface area contributed by atoms with Crippen LogP contribution in [-0.2, 0) is 12.0 Å². The predicted molar refractivity (Wildman–Crippen MR) is 97.6 cm³/mol. The van der Waals surface area contributed by atoms with Crippen LogP contribution in [0.1, 0.15) is 35.0 Å². The molecule has 1 aliphatic rings. The van der Waals surface area contributed by atoms with Crippen LogP contribution in [0.4, 0.5) is 0 Å². The molecule has 124 valence electrons. The number of rotatable bonds is 4. The van der Waals surface area contributed by atoms with Gasteiger partial charge in [0, 0.05) is 30.8 Å². The maximum atomic E-state index is 12.4. The first-order valence-corrected chi connectivity index (χ1v) is 8.90. The third-order valence-electron chi connectivity index (χ3n) is 3.99. The maximum absolute atomic E-state index is 12.4. The van der Waals surface area contributed by atoms with Crippen molar-refractivity contribution >= 4 is 34.3 Å². The molecule has 2 N–H and O–H groups in total. The van der Waals surface area contributed by atoms with E-state index in [2.05, 4.69) is 15.0 Å². The summed E-state index contributed by atoms with van der Waals surface area (Å²) >= 11 is 7.36. The highest BCUT2D eigenvalue weighted by Crippen LogP contribution is 2.34. The minimum atomic E-state index is -0.389.